The number of benzene rings is 2. The second-order valence-electron chi connectivity index (χ2n) is 7.64. The van der Waals surface area contributed by atoms with Gasteiger partial charge < -0.3 is 14.4 Å². The van der Waals surface area contributed by atoms with Gasteiger partial charge in [0.1, 0.15) is 11.5 Å². The van der Waals surface area contributed by atoms with Crippen LogP contribution in [0, 0.1) is 13.8 Å². The molecule has 30 heavy (non-hydrogen) atoms. The van der Waals surface area contributed by atoms with E-state index >= 15 is 0 Å². The maximum Gasteiger partial charge on any atom is 0.238 e. The van der Waals surface area contributed by atoms with Gasteiger partial charge in [0.2, 0.25) is 5.88 Å². The van der Waals surface area contributed by atoms with Crippen molar-refractivity contribution in [2.45, 2.75) is 33.1 Å². The van der Waals surface area contributed by atoms with E-state index in [0.29, 0.717) is 5.88 Å². The van der Waals surface area contributed by atoms with Gasteiger partial charge in [-0.1, -0.05) is 0 Å². The van der Waals surface area contributed by atoms with Gasteiger partial charge in [-0.05, 0) is 80.6 Å². The minimum Gasteiger partial charge on any atom is -0.497 e. The number of aromatic nitrogens is 2. The van der Waals surface area contributed by atoms with E-state index in [1.54, 1.807) is 11.8 Å². The van der Waals surface area contributed by atoms with Crippen LogP contribution in [0.2, 0.25) is 0 Å². The van der Waals surface area contributed by atoms with Gasteiger partial charge in [-0.15, -0.1) is 5.10 Å². The van der Waals surface area contributed by atoms with Gasteiger partial charge in [-0.3, -0.25) is 0 Å². The van der Waals surface area contributed by atoms with Crippen molar-refractivity contribution in [2.24, 2.45) is 4.99 Å². The molecule has 3 aromatic rings. The standard InChI is InChI=1S/C24H28N4O2/c1-18-16-23(19(2)15-22(18)25-17-27-12-5-4-6-13-27)30-24-11-14-28(26-24)20-7-9-21(29-3)10-8-20/h7-11,14-17H,4-6,12-13H2,1-3H3/b25-17+. The average molecular weight is 405 g/mol. The molecule has 1 aromatic heterocycles. The molecule has 156 valence electrons. The third-order valence-electron chi connectivity index (χ3n) is 5.36. The molecule has 0 radical (unpaired) electrons. The molecule has 4 rings (SSSR count). The van der Waals surface area contributed by atoms with Crippen LogP contribution in [0.15, 0.2) is 53.7 Å². The van der Waals surface area contributed by atoms with Gasteiger partial charge in [0.05, 0.1) is 24.8 Å². The van der Waals surface area contributed by atoms with Crippen molar-refractivity contribution in [1.82, 2.24) is 14.7 Å². The SMILES string of the molecule is COc1ccc(-n2ccc(Oc3cc(C)c(/N=C/N4CCCCC4)cc3C)n2)cc1. The fraction of sp³-hybridized carbons (Fsp3) is 0.333. The number of rotatable bonds is 6. The third kappa shape index (κ3) is 4.64. The summed E-state index contributed by atoms with van der Waals surface area (Å²) < 4.78 is 13.1. The van der Waals surface area contributed by atoms with Gasteiger partial charge in [-0.25, -0.2) is 9.67 Å². The van der Waals surface area contributed by atoms with Crippen molar-refractivity contribution < 1.29 is 9.47 Å². The predicted molar refractivity (Wildman–Crippen MR) is 120 cm³/mol. The van der Waals surface area contributed by atoms with Crippen molar-refractivity contribution >= 4 is 12.0 Å². The Kier molecular flexibility index (Phi) is 6.02. The quantitative estimate of drug-likeness (QED) is 0.406. The summed E-state index contributed by atoms with van der Waals surface area (Å²) in [6.07, 6.45) is 7.69. The zero-order chi connectivity index (χ0) is 20.9. The molecule has 0 spiro atoms. The molecule has 0 amide bonds. The highest BCUT2D eigenvalue weighted by atomic mass is 16.5. The van der Waals surface area contributed by atoms with E-state index in [9.17, 15) is 0 Å². The molecule has 0 atom stereocenters. The first kappa shape index (κ1) is 20.0. The van der Waals surface area contributed by atoms with E-state index in [2.05, 4.69) is 23.0 Å². The molecule has 0 bridgehead atoms. The Labute approximate surface area is 177 Å². The monoisotopic (exact) mass is 404 g/mol. The lowest BCUT2D eigenvalue weighted by Gasteiger charge is -2.23. The van der Waals surface area contributed by atoms with Gasteiger partial charge in [0, 0.05) is 25.4 Å². The van der Waals surface area contributed by atoms with Crippen LogP contribution in [0.3, 0.4) is 0 Å². The number of hydrogen-bond acceptors (Lipinski definition) is 4. The molecule has 1 aliphatic rings. The summed E-state index contributed by atoms with van der Waals surface area (Å²) in [5.74, 6) is 2.17. The number of hydrogen-bond donors (Lipinski definition) is 0. The zero-order valence-corrected chi connectivity index (χ0v) is 17.8. The summed E-state index contributed by atoms with van der Waals surface area (Å²) in [6.45, 7) is 6.29. The summed E-state index contributed by atoms with van der Waals surface area (Å²) in [7, 11) is 1.66. The van der Waals surface area contributed by atoms with Crippen LogP contribution in [0.1, 0.15) is 30.4 Å². The van der Waals surface area contributed by atoms with E-state index in [0.717, 1.165) is 47.1 Å². The van der Waals surface area contributed by atoms with E-state index in [1.807, 2.05) is 55.9 Å². The van der Waals surface area contributed by atoms with E-state index in [4.69, 9.17) is 14.5 Å². The Bertz CT molecular complexity index is 1020. The molecule has 2 heterocycles. The number of likely N-dealkylation sites (tertiary alicyclic amines) is 1. The van der Waals surface area contributed by atoms with Crippen molar-refractivity contribution in [2.75, 3.05) is 20.2 Å². The summed E-state index contributed by atoms with van der Waals surface area (Å²) in [5, 5.41) is 4.54. The minimum atomic E-state index is 0.554. The van der Waals surface area contributed by atoms with E-state index in [1.165, 1.54) is 19.3 Å². The number of piperidine rings is 1. The molecule has 1 fully saturated rings. The largest absolute Gasteiger partial charge is 0.497 e. The van der Waals surface area contributed by atoms with Crippen LogP contribution < -0.4 is 9.47 Å². The van der Waals surface area contributed by atoms with Gasteiger partial charge in [0.15, 0.2) is 0 Å². The second kappa shape index (κ2) is 9.03. The maximum absolute atomic E-state index is 6.07. The highest BCUT2D eigenvalue weighted by Crippen LogP contribution is 2.31. The molecule has 2 aromatic carbocycles. The number of aryl methyl sites for hydroxylation is 2. The third-order valence-corrected chi connectivity index (χ3v) is 5.36. The molecule has 0 N–H and O–H groups in total. The Hall–Kier alpha value is -3.28. The molecule has 6 heteroatoms. The smallest absolute Gasteiger partial charge is 0.238 e. The second-order valence-corrected chi connectivity index (χ2v) is 7.64. The lowest BCUT2D eigenvalue weighted by atomic mass is 10.1. The Morgan fingerprint density at radius 1 is 0.967 bits per heavy atom. The summed E-state index contributed by atoms with van der Waals surface area (Å²) in [5.41, 5.74) is 4.04. The number of aliphatic imine (C=N–C) groups is 1. The van der Waals surface area contributed by atoms with Crippen molar-refractivity contribution in [3.05, 3.63) is 59.8 Å². The Balaban J connectivity index is 1.47. The average Bonchev–Trinajstić information content (AvgIpc) is 3.24. The van der Waals surface area contributed by atoms with Crippen LogP contribution in [-0.4, -0.2) is 41.2 Å². The summed E-state index contributed by atoms with van der Waals surface area (Å²) >= 11 is 0. The first-order chi connectivity index (χ1) is 14.6. The van der Waals surface area contributed by atoms with Gasteiger partial charge in [0.25, 0.3) is 0 Å². The van der Waals surface area contributed by atoms with Crippen LogP contribution in [0.5, 0.6) is 17.4 Å². The van der Waals surface area contributed by atoms with Crippen LogP contribution in [-0.2, 0) is 0 Å². The highest BCUT2D eigenvalue weighted by Gasteiger charge is 2.10. The maximum atomic E-state index is 6.07. The number of nitrogens with zero attached hydrogens (tertiary/aromatic N) is 4. The first-order valence-electron chi connectivity index (χ1n) is 10.4. The number of methoxy groups -OCH3 is 1. The van der Waals surface area contributed by atoms with E-state index < -0.39 is 0 Å². The van der Waals surface area contributed by atoms with Crippen molar-refractivity contribution in [3.8, 4) is 23.1 Å². The zero-order valence-electron chi connectivity index (χ0n) is 17.8. The fourth-order valence-corrected chi connectivity index (χ4v) is 3.55. The molecule has 0 unspecified atom stereocenters. The lowest BCUT2D eigenvalue weighted by Crippen LogP contribution is -2.28. The topological polar surface area (TPSA) is 51.9 Å². The first-order valence-corrected chi connectivity index (χ1v) is 10.4. The fourth-order valence-electron chi connectivity index (χ4n) is 3.55. The highest BCUT2D eigenvalue weighted by molar-refractivity contribution is 5.65. The van der Waals surface area contributed by atoms with Gasteiger partial charge >= 0.3 is 0 Å². The molecule has 0 aliphatic carbocycles. The Morgan fingerprint density at radius 3 is 2.47 bits per heavy atom. The van der Waals surface area contributed by atoms with Gasteiger partial charge in [-0.2, -0.15) is 0 Å². The molecule has 1 aliphatic heterocycles. The Morgan fingerprint density at radius 2 is 1.73 bits per heavy atom. The van der Waals surface area contributed by atoms with Crippen LogP contribution in [0.4, 0.5) is 5.69 Å². The molecular formula is C24H28N4O2. The van der Waals surface area contributed by atoms with Crippen LogP contribution >= 0.6 is 0 Å². The normalized spacial score (nSPS) is 14.3. The summed E-state index contributed by atoms with van der Waals surface area (Å²) in [6, 6.07) is 13.7. The molecular weight excluding hydrogens is 376 g/mol. The molecule has 0 saturated carbocycles. The van der Waals surface area contributed by atoms with Crippen molar-refractivity contribution in [3.63, 3.8) is 0 Å². The van der Waals surface area contributed by atoms with E-state index in [-0.39, 0.29) is 0 Å². The minimum absolute atomic E-state index is 0.554. The van der Waals surface area contributed by atoms with Crippen molar-refractivity contribution in [1.29, 1.82) is 0 Å². The van der Waals surface area contributed by atoms with Crippen LogP contribution in [0.25, 0.3) is 5.69 Å². The predicted octanol–water partition coefficient (Wildman–Crippen LogP) is 5.44. The lowest BCUT2D eigenvalue weighted by molar-refractivity contribution is 0.351. The molecule has 6 nitrogen and oxygen atoms in total. The number of ether oxygens (including phenoxy) is 2. The molecule has 1 saturated heterocycles. The summed E-state index contributed by atoms with van der Waals surface area (Å²) in [4.78, 5) is 7.01.